The number of carbonyl (C=O) groups excluding carboxylic acids is 2. The highest BCUT2D eigenvalue weighted by Crippen LogP contribution is 2.24. The number of imide groups is 1. The quantitative estimate of drug-likeness (QED) is 0.539. The normalized spacial score (nSPS) is 10.8. The van der Waals surface area contributed by atoms with Gasteiger partial charge in [-0.05, 0) is 25.5 Å². The molecule has 1 aromatic carbocycles. The number of carbonyl (C=O) groups is 2. The number of aromatic nitrogens is 2. The molecule has 0 fully saturated rings. The fourth-order valence-corrected chi connectivity index (χ4v) is 3.36. The van der Waals surface area contributed by atoms with Crippen molar-refractivity contribution in [3.63, 3.8) is 0 Å². The minimum atomic E-state index is -0.707. The van der Waals surface area contributed by atoms with Crippen molar-refractivity contribution in [2.75, 3.05) is 12.4 Å². The lowest BCUT2D eigenvalue weighted by Crippen LogP contribution is -2.32. The van der Waals surface area contributed by atoms with E-state index in [9.17, 15) is 9.59 Å². The lowest BCUT2D eigenvalue weighted by molar-refractivity contribution is -0.117. The zero-order chi connectivity index (χ0) is 18.1. The molecule has 136 valence electrons. The lowest BCUT2D eigenvalue weighted by Gasteiger charge is -2.09. The van der Waals surface area contributed by atoms with Gasteiger partial charge in [0.15, 0.2) is 5.16 Å². The van der Waals surface area contributed by atoms with Crippen LogP contribution in [0.5, 0.6) is 0 Å². The largest absolute Gasteiger partial charge is 0.450 e. The molecular weight excluding hydrogens is 338 g/mol. The van der Waals surface area contributed by atoms with E-state index in [0.29, 0.717) is 0 Å². The number of aryl methyl sites for hydroxylation is 1. The molecule has 25 heavy (non-hydrogen) atoms. The summed E-state index contributed by atoms with van der Waals surface area (Å²) in [7, 11) is 0. The summed E-state index contributed by atoms with van der Waals surface area (Å²) < 4.78 is 6.87. The van der Waals surface area contributed by atoms with Crippen molar-refractivity contribution >= 4 is 34.8 Å². The van der Waals surface area contributed by atoms with Crippen molar-refractivity contribution in [3.8, 4) is 0 Å². The molecule has 0 aliphatic heterocycles. The number of hydrogen-bond acceptors (Lipinski definition) is 5. The van der Waals surface area contributed by atoms with Gasteiger partial charge in [-0.15, -0.1) is 0 Å². The molecule has 0 radical (unpaired) electrons. The van der Waals surface area contributed by atoms with Crippen LogP contribution in [-0.2, 0) is 16.1 Å². The van der Waals surface area contributed by atoms with E-state index in [1.807, 2.05) is 24.3 Å². The van der Waals surface area contributed by atoms with Gasteiger partial charge in [0.05, 0.1) is 23.4 Å². The van der Waals surface area contributed by atoms with Gasteiger partial charge in [0.25, 0.3) is 0 Å². The first-order chi connectivity index (χ1) is 12.2. The van der Waals surface area contributed by atoms with Crippen LogP contribution in [0.1, 0.15) is 39.5 Å². The zero-order valence-corrected chi connectivity index (χ0v) is 15.6. The first-order valence-electron chi connectivity index (χ1n) is 8.70. The van der Waals surface area contributed by atoms with E-state index in [2.05, 4.69) is 21.8 Å². The van der Waals surface area contributed by atoms with Gasteiger partial charge >= 0.3 is 6.09 Å². The van der Waals surface area contributed by atoms with Crippen LogP contribution >= 0.6 is 11.8 Å². The van der Waals surface area contributed by atoms with E-state index < -0.39 is 6.09 Å². The maximum atomic E-state index is 11.9. The van der Waals surface area contributed by atoms with E-state index in [1.165, 1.54) is 31.0 Å². The summed E-state index contributed by atoms with van der Waals surface area (Å²) >= 11 is 1.34. The van der Waals surface area contributed by atoms with Crippen LogP contribution in [0.25, 0.3) is 11.0 Å². The predicted octanol–water partition coefficient (Wildman–Crippen LogP) is 3.98. The van der Waals surface area contributed by atoms with Gasteiger partial charge < -0.3 is 9.30 Å². The van der Waals surface area contributed by atoms with E-state index in [1.54, 1.807) is 6.92 Å². The van der Waals surface area contributed by atoms with Gasteiger partial charge in [0, 0.05) is 6.54 Å². The number of nitrogens with zero attached hydrogens (tertiary/aromatic N) is 2. The van der Waals surface area contributed by atoms with Crippen molar-refractivity contribution in [1.82, 2.24) is 14.9 Å². The highest BCUT2D eigenvalue weighted by atomic mass is 32.2. The summed E-state index contributed by atoms with van der Waals surface area (Å²) in [4.78, 5) is 27.8. The Bertz CT molecular complexity index is 715. The maximum Gasteiger partial charge on any atom is 0.413 e. The second-order valence-corrected chi connectivity index (χ2v) is 6.60. The zero-order valence-electron chi connectivity index (χ0n) is 14.8. The first kappa shape index (κ1) is 19.3. The third-order valence-corrected chi connectivity index (χ3v) is 4.68. The number of ether oxygens (including phenoxy) is 1. The number of thioether (sulfide) groups is 1. The number of para-hydroxylation sites is 2. The molecule has 7 heteroatoms. The van der Waals surface area contributed by atoms with E-state index >= 15 is 0 Å². The number of rotatable bonds is 9. The van der Waals surface area contributed by atoms with Gasteiger partial charge in [-0.25, -0.2) is 9.78 Å². The molecule has 2 aromatic rings. The Morgan fingerprint density at radius 2 is 2.00 bits per heavy atom. The number of imidazole rings is 1. The van der Waals surface area contributed by atoms with Gasteiger partial charge in [-0.3, -0.25) is 10.1 Å². The fraction of sp³-hybridized carbons (Fsp3) is 0.500. The summed E-state index contributed by atoms with van der Waals surface area (Å²) in [6, 6.07) is 7.97. The van der Waals surface area contributed by atoms with Crippen LogP contribution in [0.4, 0.5) is 4.79 Å². The molecule has 1 heterocycles. The van der Waals surface area contributed by atoms with E-state index in [0.717, 1.165) is 29.2 Å². The topological polar surface area (TPSA) is 73.2 Å². The van der Waals surface area contributed by atoms with Crippen LogP contribution < -0.4 is 5.32 Å². The van der Waals surface area contributed by atoms with Crippen molar-refractivity contribution in [3.05, 3.63) is 24.3 Å². The molecule has 0 bridgehead atoms. The van der Waals surface area contributed by atoms with Crippen LogP contribution in [0.3, 0.4) is 0 Å². The van der Waals surface area contributed by atoms with Gasteiger partial charge in [-0.1, -0.05) is 50.1 Å². The third kappa shape index (κ3) is 5.77. The average Bonchev–Trinajstić information content (AvgIpc) is 2.95. The maximum absolute atomic E-state index is 11.9. The average molecular weight is 363 g/mol. The summed E-state index contributed by atoms with van der Waals surface area (Å²) in [6.45, 7) is 5.00. The molecule has 6 nitrogen and oxygen atoms in total. The number of alkyl carbamates (subject to hydrolysis) is 1. The Kier molecular flexibility index (Phi) is 7.78. The molecule has 0 saturated carbocycles. The number of hydrogen-bond donors (Lipinski definition) is 1. The fourth-order valence-electron chi connectivity index (χ4n) is 2.52. The molecule has 0 unspecified atom stereocenters. The van der Waals surface area contributed by atoms with Crippen molar-refractivity contribution < 1.29 is 14.3 Å². The molecule has 0 saturated heterocycles. The smallest absolute Gasteiger partial charge is 0.413 e. The molecule has 0 spiro atoms. The number of unbranched alkanes of at least 4 members (excludes halogenated alkanes) is 3. The summed E-state index contributed by atoms with van der Waals surface area (Å²) in [5, 5.41) is 3.01. The molecule has 1 N–H and O–H groups in total. The minimum absolute atomic E-state index is 0.122. The highest BCUT2D eigenvalue weighted by molar-refractivity contribution is 7.99. The number of amides is 2. The predicted molar refractivity (Wildman–Crippen MR) is 99.8 cm³/mol. The monoisotopic (exact) mass is 363 g/mol. The number of fused-ring (bicyclic) bond motifs is 1. The Hall–Kier alpha value is -2.02. The van der Waals surface area contributed by atoms with Gasteiger partial charge in [0.2, 0.25) is 5.91 Å². The molecular formula is C18H25N3O3S. The van der Waals surface area contributed by atoms with Crippen LogP contribution in [-0.4, -0.2) is 33.9 Å². The molecule has 2 rings (SSSR count). The van der Waals surface area contributed by atoms with Crippen LogP contribution in [0.2, 0.25) is 0 Å². The second kappa shape index (κ2) is 10.1. The summed E-state index contributed by atoms with van der Waals surface area (Å²) in [5.41, 5.74) is 2.00. The van der Waals surface area contributed by atoms with Crippen molar-refractivity contribution in [1.29, 1.82) is 0 Å². The van der Waals surface area contributed by atoms with Crippen molar-refractivity contribution in [2.24, 2.45) is 0 Å². The SMILES string of the molecule is CCCCCCn1c(SCC(=O)NC(=O)OCC)nc2ccccc21. The van der Waals surface area contributed by atoms with Crippen molar-refractivity contribution in [2.45, 2.75) is 51.2 Å². The summed E-state index contributed by atoms with van der Waals surface area (Å²) in [6.07, 6.45) is 3.96. The Labute approximate surface area is 152 Å². The standard InChI is InChI=1S/C18H25N3O3S/c1-3-5-6-9-12-21-15-11-8-7-10-14(15)19-17(21)25-13-16(22)20-18(23)24-4-2/h7-8,10-11H,3-6,9,12-13H2,1-2H3,(H,20,22,23). The Balaban J connectivity index is 2.03. The number of benzene rings is 1. The van der Waals surface area contributed by atoms with E-state index in [-0.39, 0.29) is 18.3 Å². The molecule has 0 atom stereocenters. The first-order valence-corrected chi connectivity index (χ1v) is 9.69. The molecule has 0 aliphatic rings. The number of nitrogens with one attached hydrogen (secondary N) is 1. The van der Waals surface area contributed by atoms with E-state index in [4.69, 9.17) is 4.74 Å². The lowest BCUT2D eigenvalue weighted by atomic mass is 10.2. The molecule has 1 aromatic heterocycles. The minimum Gasteiger partial charge on any atom is -0.450 e. The van der Waals surface area contributed by atoms with Gasteiger partial charge in [-0.2, -0.15) is 0 Å². The Morgan fingerprint density at radius 1 is 1.20 bits per heavy atom. The third-order valence-electron chi connectivity index (χ3n) is 3.70. The van der Waals surface area contributed by atoms with Crippen LogP contribution in [0.15, 0.2) is 29.4 Å². The second-order valence-electron chi connectivity index (χ2n) is 5.65. The molecule has 0 aliphatic carbocycles. The highest BCUT2D eigenvalue weighted by Gasteiger charge is 2.14. The molecule has 2 amide bonds. The van der Waals surface area contributed by atoms with Gasteiger partial charge in [0.1, 0.15) is 0 Å². The van der Waals surface area contributed by atoms with Crippen LogP contribution in [0, 0.1) is 0 Å². The summed E-state index contributed by atoms with van der Waals surface area (Å²) in [5.74, 6) is -0.259. The Morgan fingerprint density at radius 3 is 2.76 bits per heavy atom.